The molecular weight excluding hydrogens is 478 g/mol. The molecule has 1 fully saturated rings. The van der Waals surface area contributed by atoms with Crippen molar-refractivity contribution in [2.75, 3.05) is 26.1 Å². The first-order valence-electron chi connectivity index (χ1n) is 11.0. The van der Waals surface area contributed by atoms with Crippen LogP contribution in [0.1, 0.15) is 15.9 Å². The van der Waals surface area contributed by atoms with E-state index in [-0.39, 0.29) is 18.4 Å². The lowest BCUT2D eigenvalue weighted by atomic mass is 10.2. The van der Waals surface area contributed by atoms with Gasteiger partial charge >= 0.3 is 5.97 Å². The number of para-hydroxylation sites is 1. The number of carbonyl (C=O) groups excluding carboxylic acids is 3. The van der Waals surface area contributed by atoms with Gasteiger partial charge in [-0.3, -0.25) is 14.5 Å². The van der Waals surface area contributed by atoms with E-state index in [0.29, 0.717) is 32.8 Å². The van der Waals surface area contributed by atoms with E-state index in [1.54, 1.807) is 61.7 Å². The van der Waals surface area contributed by atoms with Crippen molar-refractivity contribution in [3.8, 4) is 5.75 Å². The number of aliphatic imine (C=N–C) groups is 1. The lowest BCUT2D eigenvalue weighted by molar-refractivity contribution is -0.121. The summed E-state index contributed by atoms with van der Waals surface area (Å²) in [5.41, 5.74) is 2.56. The van der Waals surface area contributed by atoms with Crippen molar-refractivity contribution in [2.24, 2.45) is 4.99 Å². The fourth-order valence-electron chi connectivity index (χ4n) is 3.23. The number of likely N-dealkylation sites (N-methyl/N-ethyl adjacent to an activating group) is 1. The third kappa shape index (κ3) is 6.19. The SMILES string of the molecule is COC(=O)c1ccc(N=C2S/C(=C/c3ccc(OCC(=O)Nc4ccccc4)cc3)C(=O)N2C)cc1. The number of nitrogens with zero attached hydrogens (tertiary/aromatic N) is 2. The Balaban J connectivity index is 1.37. The number of thioether (sulfide) groups is 1. The van der Waals surface area contributed by atoms with Crippen LogP contribution in [0.5, 0.6) is 5.75 Å². The summed E-state index contributed by atoms with van der Waals surface area (Å²) in [5, 5.41) is 3.29. The molecule has 1 heterocycles. The first-order chi connectivity index (χ1) is 17.4. The van der Waals surface area contributed by atoms with E-state index in [4.69, 9.17) is 9.47 Å². The number of hydrogen-bond donors (Lipinski definition) is 1. The van der Waals surface area contributed by atoms with Crippen LogP contribution in [0.15, 0.2) is 88.8 Å². The Bertz CT molecular complexity index is 1320. The molecule has 3 aromatic carbocycles. The van der Waals surface area contributed by atoms with Gasteiger partial charge in [0.05, 0.1) is 23.3 Å². The van der Waals surface area contributed by atoms with Crippen molar-refractivity contribution >= 4 is 52.2 Å². The van der Waals surface area contributed by atoms with E-state index < -0.39 is 5.97 Å². The van der Waals surface area contributed by atoms with Crippen LogP contribution in [0.3, 0.4) is 0 Å². The zero-order chi connectivity index (χ0) is 25.5. The molecule has 182 valence electrons. The summed E-state index contributed by atoms with van der Waals surface area (Å²) in [5.74, 6) is -0.299. The molecule has 0 bridgehead atoms. The summed E-state index contributed by atoms with van der Waals surface area (Å²) in [6.07, 6.45) is 1.78. The van der Waals surface area contributed by atoms with Crippen LogP contribution in [-0.4, -0.2) is 48.6 Å². The number of rotatable bonds is 7. The number of methoxy groups -OCH3 is 1. The Morgan fingerprint density at radius 1 is 1.00 bits per heavy atom. The van der Waals surface area contributed by atoms with E-state index in [0.717, 1.165) is 5.56 Å². The summed E-state index contributed by atoms with van der Waals surface area (Å²) in [6, 6.07) is 22.9. The highest BCUT2D eigenvalue weighted by molar-refractivity contribution is 8.18. The van der Waals surface area contributed by atoms with E-state index in [9.17, 15) is 14.4 Å². The van der Waals surface area contributed by atoms with Crippen LogP contribution in [0.4, 0.5) is 11.4 Å². The van der Waals surface area contributed by atoms with Crippen molar-refractivity contribution in [2.45, 2.75) is 0 Å². The van der Waals surface area contributed by atoms with Crippen LogP contribution in [0.2, 0.25) is 0 Å². The Hall–Kier alpha value is -4.37. The summed E-state index contributed by atoms with van der Waals surface area (Å²) >= 11 is 1.26. The first-order valence-corrected chi connectivity index (χ1v) is 11.8. The number of anilines is 1. The second kappa shape index (κ2) is 11.4. The number of carbonyl (C=O) groups is 3. The Labute approximate surface area is 212 Å². The Morgan fingerprint density at radius 3 is 2.36 bits per heavy atom. The quantitative estimate of drug-likeness (QED) is 0.372. The predicted molar refractivity (Wildman–Crippen MR) is 140 cm³/mol. The van der Waals surface area contributed by atoms with E-state index in [1.807, 2.05) is 30.3 Å². The van der Waals surface area contributed by atoms with Gasteiger partial charge in [-0.1, -0.05) is 30.3 Å². The lowest BCUT2D eigenvalue weighted by Gasteiger charge is -2.08. The molecule has 8 nitrogen and oxygen atoms in total. The molecule has 36 heavy (non-hydrogen) atoms. The molecule has 0 aliphatic carbocycles. The monoisotopic (exact) mass is 501 g/mol. The number of benzene rings is 3. The molecule has 1 saturated heterocycles. The summed E-state index contributed by atoms with van der Waals surface area (Å²) in [6.45, 7) is -0.116. The number of amides is 2. The topological polar surface area (TPSA) is 97.3 Å². The molecule has 3 aromatic rings. The minimum atomic E-state index is -0.422. The minimum Gasteiger partial charge on any atom is -0.484 e. The molecule has 1 aliphatic heterocycles. The first kappa shape index (κ1) is 24.7. The maximum atomic E-state index is 12.7. The molecule has 0 aromatic heterocycles. The second-order valence-corrected chi connectivity index (χ2v) is 8.69. The molecule has 0 saturated carbocycles. The van der Waals surface area contributed by atoms with Crippen LogP contribution < -0.4 is 10.1 Å². The standard InChI is InChI=1S/C27H23N3O5S/c1-30-25(32)23(36-27(30)29-21-12-10-19(11-13-21)26(33)34-2)16-18-8-14-22(15-9-18)35-17-24(31)28-20-6-4-3-5-7-20/h3-16H,17H2,1-2H3,(H,28,31)/b23-16+,29-27?. The third-order valence-electron chi connectivity index (χ3n) is 5.12. The van der Waals surface area contributed by atoms with Gasteiger partial charge in [0.2, 0.25) is 0 Å². The average Bonchev–Trinajstić information content (AvgIpc) is 3.16. The number of hydrogen-bond acceptors (Lipinski definition) is 7. The second-order valence-electron chi connectivity index (χ2n) is 7.68. The van der Waals surface area contributed by atoms with Gasteiger partial charge in [-0.2, -0.15) is 0 Å². The zero-order valence-electron chi connectivity index (χ0n) is 19.6. The Kier molecular flexibility index (Phi) is 7.82. The summed E-state index contributed by atoms with van der Waals surface area (Å²) in [7, 11) is 2.99. The van der Waals surface area contributed by atoms with Crippen LogP contribution in [0, 0.1) is 0 Å². The van der Waals surface area contributed by atoms with Crippen LogP contribution in [0.25, 0.3) is 6.08 Å². The van der Waals surface area contributed by atoms with E-state index >= 15 is 0 Å². The highest BCUT2D eigenvalue weighted by atomic mass is 32.2. The number of nitrogens with one attached hydrogen (secondary N) is 1. The van der Waals surface area contributed by atoms with Crippen molar-refractivity contribution in [1.29, 1.82) is 0 Å². The molecule has 0 spiro atoms. The number of ether oxygens (including phenoxy) is 2. The lowest BCUT2D eigenvalue weighted by Crippen LogP contribution is -2.23. The Morgan fingerprint density at radius 2 is 1.69 bits per heavy atom. The molecule has 0 unspecified atom stereocenters. The zero-order valence-corrected chi connectivity index (χ0v) is 20.5. The van der Waals surface area contributed by atoms with E-state index in [1.165, 1.54) is 23.8 Å². The third-order valence-corrected chi connectivity index (χ3v) is 6.18. The largest absolute Gasteiger partial charge is 0.484 e. The van der Waals surface area contributed by atoms with Crippen LogP contribution in [-0.2, 0) is 14.3 Å². The van der Waals surface area contributed by atoms with Crippen LogP contribution >= 0.6 is 11.8 Å². The fourth-order valence-corrected chi connectivity index (χ4v) is 4.22. The van der Waals surface area contributed by atoms with Gasteiger partial charge in [-0.05, 0) is 71.9 Å². The number of esters is 1. The van der Waals surface area contributed by atoms with Crippen molar-refractivity contribution in [3.05, 3.63) is 94.9 Å². The smallest absolute Gasteiger partial charge is 0.337 e. The molecule has 0 atom stereocenters. The van der Waals surface area contributed by atoms with Gasteiger partial charge in [0.15, 0.2) is 11.8 Å². The van der Waals surface area contributed by atoms with Gasteiger partial charge in [-0.15, -0.1) is 0 Å². The molecule has 4 rings (SSSR count). The molecular formula is C27H23N3O5S. The normalized spacial score (nSPS) is 15.3. The van der Waals surface area contributed by atoms with Gasteiger partial charge in [0.25, 0.3) is 11.8 Å². The number of amidine groups is 1. The van der Waals surface area contributed by atoms with Gasteiger partial charge in [0.1, 0.15) is 5.75 Å². The molecule has 9 heteroatoms. The van der Waals surface area contributed by atoms with Crippen molar-refractivity contribution in [1.82, 2.24) is 4.90 Å². The molecule has 1 N–H and O–H groups in total. The maximum Gasteiger partial charge on any atom is 0.337 e. The van der Waals surface area contributed by atoms with Gasteiger partial charge in [0, 0.05) is 12.7 Å². The van der Waals surface area contributed by atoms with Gasteiger partial charge in [-0.25, -0.2) is 9.79 Å². The molecule has 2 amide bonds. The van der Waals surface area contributed by atoms with Crippen molar-refractivity contribution < 1.29 is 23.9 Å². The highest BCUT2D eigenvalue weighted by Crippen LogP contribution is 2.33. The molecule has 0 radical (unpaired) electrons. The average molecular weight is 502 g/mol. The molecule has 1 aliphatic rings. The maximum absolute atomic E-state index is 12.7. The minimum absolute atomic E-state index is 0.116. The summed E-state index contributed by atoms with van der Waals surface area (Å²) in [4.78, 5) is 42.9. The predicted octanol–water partition coefficient (Wildman–Crippen LogP) is 4.72. The van der Waals surface area contributed by atoms with Gasteiger partial charge < -0.3 is 14.8 Å². The summed E-state index contributed by atoms with van der Waals surface area (Å²) < 4.78 is 10.3. The van der Waals surface area contributed by atoms with Crippen molar-refractivity contribution in [3.63, 3.8) is 0 Å². The van der Waals surface area contributed by atoms with E-state index in [2.05, 4.69) is 10.3 Å². The fraction of sp³-hybridized carbons (Fsp3) is 0.111. The highest BCUT2D eigenvalue weighted by Gasteiger charge is 2.30.